The lowest BCUT2D eigenvalue weighted by atomic mass is 9.87. The van der Waals surface area contributed by atoms with Gasteiger partial charge in [-0.1, -0.05) is 23.7 Å². The molecule has 6 heteroatoms. The van der Waals surface area contributed by atoms with E-state index >= 15 is 0 Å². The number of carbonyl (C=O) groups is 2. The third kappa shape index (κ3) is 2.44. The molecule has 1 atom stereocenters. The molecule has 1 fully saturated rings. The minimum Gasteiger partial charge on any atom is -0.319 e. The highest BCUT2D eigenvalue weighted by atomic mass is 35.5. The molecule has 19 heavy (non-hydrogen) atoms. The van der Waals surface area contributed by atoms with Crippen LogP contribution in [0, 0.1) is 0 Å². The Hall–Kier alpha value is -1.20. The Labute approximate surface area is 121 Å². The van der Waals surface area contributed by atoms with Gasteiger partial charge in [0.1, 0.15) is 5.54 Å². The number of amides is 3. The van der Waals surface area contributed by atoms with Crippen molar-refractivity contribution in [3.8, 4) is 0 Å². The topological polar surface area (TPSA) is 49.4 Å². The van der Waals surface area contributed by atoms with Crippen LogP contribution in [0.1, 0.15) is 12.0 Å². The number of halogens is 1. The number of nitrogens with zero attached hydrogens (tertiary/aromatic N) is 1. The second-order valence-corrected chi connectivity index (χ2v) is 5.87. The third-order valence-corrected chi connectivity index (χ3v) is 4.18. The van der Waals surface area contributed by atoms with Crippen LogP contribution >= 0.6 is 23.4 Å². The summed E-state index contributed by atoms with van der Waals surface area (Å²) in [6.45, 7) is 0. The van der Waals surface area contributed by atoms with Crippen molar-refractivity contribution in [3.05, 3.63) is 34.9 Å². The predicted octanol–water partition coefficient (Wildman–Crippen LogP) is 2.47. The van der Waals surface area contributed by atoms with Crippen LogP contribution in [-0.4, -0.2) is 35.9 Å². The first kappa shape index (κ1) is 14.2. The molecule has 1 heterocycles. The van der Waals surface area contributed by atoms with E-state index in [0.29, 0.717) is 11.4 Å². The SMILES string of the molecule is CSCC[C@]1(c2ccc(Cl)cc2)NC(=O)N(C)C1=O. The molecule has 2 rings (SSSR count). The molecule has 1 saturated heterocycles. The summed E-state index contributed by atoms with van der Waals surface area (Å²) in [6, 6.07) is 6.69. The maximum absolute atomic E-state index is 12.4. The molecular formula is C13H15ClN2O2S. The number of benzene rings is 1. The lowest BCUT2D eigenvalue weighted by molar-refractivity contribution is -0.130. The molecule has 4 nitrogen and oxygen atoms in total. The van der Waals surface area contributed by atoms with Crippen molar-refractivity contribution in [2.75, 3.05) is 19.1 Å². The maximum Gasteiger partial charge on any atom is 0.325 e. The number of nitrogens with one attached hydrogen (secondary N) is 1. The number of rotatable bonds is 4. The highest BCUT2D eigenvalue weighted by Crippen LogP contribution is 2.33. The standard InChI is InChI=1S/C13H15ClN2O2S/c1-16-11(17)13(7-8-19-2,15-12(16)18)9-3-5-10(14)6-4-9/h3-6H,7-8H2,1-2H3,(H,15,18)/t13-/m1/s1. The maximum atomic E-state index is 12.4. The summed E-state index contributed by atoms with van der Waals surface area (Å²) in [5.74, 6) is 0.566. The summed E-state index contributed by atoms with van der Waals surface area (Å²) in [7, 11) is 1.49. The van der Waals surface area contributed by atoms with Crippen molar-refractivity contribution in [3.63, 3.8) is 0 Å². The van der Waals surface area contributed by atoms with E-state index in [1.807, 2.05) is 6.26 Å². The van der Waals surface area contributed by atoms with Crippen molar-refractivity contribution in [2.45, 2.75) is 12.0 Å². The van der Waals surface area contributed by atoms with Crippen LogP contribution in [0.25, 0.3) is 0 Å². The molecule has 1 aromatic rings. The summed E-state index contributed by atoms with van der Waals surface area (Å²) >= 11 is 7.52. The van der Waals surface area contributed by atoms with Crippen LogP contribution in [0.4, 0.5) is 4.79 Å². The zero-order valence-corrected chi connectivity index (χ0v) is 12.3. The van der Waals surface area contributed by atoms with Crippen molar-refractivity contribution in [1.82, 2.24) is 10.2 Å². The van der Waals surface area contributed by atoms with Crippen LogP contribution < -0.4 is 5.32 Å². The number of imide groups is 1. The van der Waals surface area contributed by atoms with Gasteiger partial charge in [-0.15, -0.1) is 0 Å². The van der Waals surface area contributed by atoms with Crippen LogP contribution in [0.15, 0.2) is 24.3 Å². The lowest BCUT2D eigenvalue weighted by Crippen LogP contribution is -2.44. The first-order chi connectivity index (χ1) is 9.01. The van der Waals surface area contributed by atoms with Gasteiger partial charge in [0.05, 0.1) is 0 Å². The Kier molecular flexibility index (Phi) is 4.06. The van der Waals surface area contributed by atoms with E-state index in [0.717, 1.165) is 16.2 Å². The van der Waals surface area contributed by atoms with Crippen LogP contribution in [0.5, 0.6) is 0 Å². The smallest absolute Gasteiger partial charge is 0.319 e. The Morgan fingerprint density at radius 2 is 1.95 bits per heavy atom. The second kappa shape index (κ2) is 5.43. The van der Waals surface area contributed by atoms with Gasteiger partial charge in [0.2, 0.25) is 0 Å². The van der Waals surface area contributed by atoms with Crippen molar-refractivity contribution >= 4 is 35.3 Å². The fourth-order valence-electron chi connectivity index (χ4n) is 2.20. The Morgan fingerprint density at radius 3 is 2.42 bits per heavy atom. The summed E-state index contributed by atoms with van der Waals surface area (Å²) in [5, 5.41) is 3.42. The largest absolute Gasteiger partial charge is 0.325 e. The van der Waals surface area contributed by atoms with Crippen molar-refractivity contribution < 1.29 is 9.59 Å². The summed E-state index contributed by atoms with van der Waals surface area (Å²) < 4.78 is 0. The van der Waals surface area contributed by atoms with Crippen LogP contribution in [-0.2, 0) is 10.3 Å². The van der Waals surface area contributed by atoms with E-state index in [4.69, 9.17) is 11.6 Å². The average molecular weight is 299 g/mol. The minimum atomic E-state index is -0.959. The molecule has 0 unspecified atom stereocenters. The Bertz CT molecular complexity index is 506. The number of carbonyl (C=O) groups excluding carboxylic acids is 2. The first-order valence-corrected chi connectivity index (χ1v) is 7.64. The molecule has 1 N–H and O–H groups in total. The van der Waals surface area contributed by atoms with Crippen LogP contribution in [0.2, 0.25) is 5.02 Å². The molecule has 1 aliphatic rings. The molecule has 1 aliphatic heterocycles. The number of thioether (sulfide) groups is 1. The lowest BCUT2D eigenvalue weighted by Gasteiger charge is -2.26. The molecule has 0 radical (unpaired) electrons. The van der Waals surface area contributed by atoms with Gasteiger partial charge >= 0.3 is 6.03 Å². The molecule has 1 aromatic carbocycles. The summed E-state index contributed by atoms with van der Waals surface area (Å²) in [6.07, 6.45) is 2.53. The zero-order chi connectivity index (χ0) is 14.0. The van der Waals surface area contributed by atoms with Gasteiger partial charge in [0.15, 0.2) is 0 Å². The van der Waals surface area contributed by atoms with Gasteiger partial charge in [-0.05, 0) is 36.1 Å². The molecule has 0 aromatic heterocycles. The highest BCUT2D eigenvalue weighted by Gasteiger charge is 2.50. The number of hydrogen-bond acceptors (Lipinski definition) is 3. The van der Waals surface area contributed by atoms with E-state index in [1.54, 1.807) is 36.0 Å². The van der Waals surface area contributed by atoms with Gasteiger partial charge in [0.25, 0.3) is 5.91 Å². The van der Waals surface area contributed by atoms with Gasteiger partial charge in [-0.25, -0.2) is 4.79 Å². The fourth-order valence-corrected chi connectivity index (χ4v) is 2.83. The molecule has 0 spiro atoms. The molecule has 3 amide bonds. The summed E-state index contributed by atoms with van der Waals surface area (Å²) in [5.41, 5.74) is -0.187. The van der Waals surface area contributed by atoms with E-state index in [-0.39, 0.29) is 11.9 Å². The predicted molar refractivity (Wildman–Crippen MR) is 77.4 cm³/mol. The Morgan fingerprint density at radius 1 is 1.32 bits per heavy atom. The Balaban J connectivity index is 2.43. The molecule has 0 aliphatic carbocycles. The zero-order valence-electron chi connectivity index (χ0n) is 10.8. The highest BCUT2D eigenvalue weighted by molar-refractivity contribution is 7.98. The molecular weight excluding hydrogens is 284 g/mol. The van der Waals surface area contributed by atoms with E-state index in [1.165, 1.54) is 7.05 Å². The molecule has 102 valence electrons. The monoisotopic (exact) mass is 298 g/mol. The van der Waals surface area contributed by atoms with E-state index in [2.05, 4.69) is 5.32 Å². The van der Waals surface area contributed by atoms with E-state index in [9.17, 15) is 9.59 Å². The quantitative estimate of drug-likeness (QED) is 0.869. The van der Waals surface area contributed by atoms with Gasteiger partial charge in [-0.3, -0.25) is 9.69 Å². The van der Waals surface area contributed by atoms with E-state index < -0.39 is 5.54 Å². The molecule has 0 saturated carbocycles. The van der Waals surface area contributed by atoms with Crippen molar-refractivity contribution in [2.24, 2.45) is 0 Å². The van der Waals surface area contributed by atoms with Gasteiger partial charge < -0.3 is 5.32 Å². The fraction of sp³-hybridized carbons (Fsp3) is 0.385. The van der Waals surface area contributed by atoms with Gasteiger partial charge in [-0.2, -0.15) is 11.8 Å². The third-order valence-electron chi connectivity index (χ3n) is 3.31. The number of urea groups is 1. The second-order valence-electron chi connectivity index (χ2n) is 4.45. The van der Waals surface area contributed by atoms with Gasteiger partial charge in [0, 0.05) is 12.1 Å². The number of likely N-dealkylation sites (N-methyl/N-ethyl adjacent to an activating group) is 1. The number of hydrogen-bond donors (Lipinski definition) is 1. The molecule has 0 bridgehead atoms. The normalized spacial score (nSPS) is 22.8. The average Bonchev–Trinajstić information content (AvgIpc) is 2.63. The first-order valence-electron chi connectivity index (χ1n) is 5.86. The minimum absolute atomic E-state index is 0.214. The van der Waals surface area contributed by atoms with Crippen LogP contribution in [0.3, 0.4) is 0 Å². The van der Waals surface area contributed by atoms with Crippen molar-refractivity contribution in [1.29, 1.82) is 0 Å². The summed E-state index contributed by atoms with van der Waals surface area (Å²) in [4.78, 5) is 25.3.